The monoisotopic (exact) mass is 296 g/mol. The van der Waals surface area contributed by atoms with Gasteiger partial charge in [-0.05, 0) is 79.9 Å². The lowest BCUT2D eigenvalue weighted by Gasteiger charge is -2.43. The molecule has 2 aliphatic rings. The Morgan fingerprint density at radius 1 is 0.905 bits per heavy atom. The zero-order chi connectivity index (χ0) is 15.0. The maximum atomic E-state index is 13.3. The molecule has 3 heteroatoms. The fourth-order valence-electron chi connectivity index (χ4n) is 4.24. The molecule has 2 fully saturated rings. The number of rotatable bonds is 3. The standard InChI is InChI=1S/C18H23F3/c1-2-11-7-14(8-11)12-3-5-13(6-4-12)15-9-16(19)18(21)17(20)10-15/h9-14H,2-8H2,1H3. The van der Waals surface area contributed by atoms with Crippen molar-refractivity contribution in [2.45, 2.75) is 57.8 Å². The van der Waals surface area contributed by atoms with Crippen molar-refractivity contribution in [3.8, 4) is 0 Å². The van der Waals surface area contributed by atoms with Crippen LogP contribution in [0, 0.1) is 35.2 Å². The molecule has 0 aliphatic heterocycles. The molecule has 2 aliphatic carbocycles. The molecular formula is C18H23F3. The van der Waals surface area contributed by atoms with Gasteiger partial charge in [0.15, 0.2) is 17.5 Å². The van der Waals surface area contributed by atoms with Crippen LogP contribution in [-0.4, -0.2) is 0 Å². The van der Waals surface area contributed by atoms with Crippen LogP contribution in [0.1, 0.15) is 63.4 Å². The van der Waals surface area contributed by atoms with Crippen molar-refractivity contribution in [1.82, 2.24) is 0 Å². The topological polar surface area (TPSA) is 0 Å². The Morgan fingerprint density at radius 2 is 1.48 bits per heavy atom. The van der Waals surface area contributed by atoms with Gasteiger partial charge in [0.05, 0.1) is 0 Å². The van der Waals surface area contributed by atoms with E-state index in [0.29, 0.717) is 5.56 Å². The third-order valence-corrected chi connectivity index (χ3v) is 5.77. The molecule has 2 saturated carbocycles. The van der Waals surface area contributed by atoms with E-state index in [9.17, 15) is 13.2 Å². The molecule has 0 spiro atoms. The Hall–Kier alpha value is -0.990. The van der Waals surface area contributed by atoms with Gasteiger partial charge in [0.1, 0.15) is 0 Å². The maximum absolute atomic E-state index is 13.3. The highest BCUT2D eigenvalue weighted by Gasteiger charge is 2.36. The Labute approximate surface area is 124 Å². The summed E-state index contributed by atoms with van der Waals surface area (Å²) in [5, 5.41) is 0. The molecule has 0 radical (unpaired) electrons. The molecule has 0 N–H and O–H groups in total. The van der Waals surface area contributed by atoms with E-state index < -0.39 is 17.5 Å². The predicted octanol–water partition coefficient (Wildman–Crippen LogP) is 5.81. The predicted molar refractivity (Wildman–Crippen MR) is 77.5 cm³/mol. The first-order chi connectivity index (χ1) is 10.1. The van der Waals surface area contributed by atoms with Crippen LogP contribution in [0.5, 0.6) is 0 Å². The number of hydrogen-bond donors (Lipinski definition) is 0. The molecule has 0 nitrogen and oxygen atoms in total. The molecule has 0 amide bonds. The number of benzene rings is 1. The van der Waals surface area contributed by atoms with Crippen LogP contribution in [0.15, 0.2) is 12.1 Å². The van der Waals surface area contributed by atoms with Crippen LogP contribution in [0.25, 0.3) is 0 Å². The number of halogens is 3. The van der Waals surface area contributed by atoms with E-state index in [1.165, 1.54) is 31.4 Å². The molecule has 0 atom stereocenters. The van der Waals surface area contributed by atoms with Crippen LogP contribution < -0.4 is 0 Å². The van der Waals surface area contributed by atoms with Crippen molar-refractivity contribution < 1.29 is 13.2 Å². The van der Waals surface area contributed by atoms with Crippen LogP contribution >= 0.6 is 0 Å². The number of hydrogen-bond acceptors (Lipinski definition) is 0. The Bertz CT molecular complexity index is 474. The lowest BCUT2D eigenvalue weighted by atomic mass is 9.63. The van der Waals surface area contributed by atoms with E-state index in [4.69, 9.17) is 0 Å². The minimum Gasteiger partial charge on any atom is -0.204 e. The van der Waals surface area contributed by atoms with Crippen molar-refractivity contribution in [3.63, 3.8) is 0 Å². The summed E-state index contributed by atoms with van der Waals surface area (Å²) in [5.41, 5.74) is 0.630. The first kappa shape index (κ1) is 14.9. The second-order valence-electron chi connectivity index (χ2n) is 6.92. The largest absolute Gasteiger partial charge is 0.204 e. The quantitative estimate of drug-likeness (QED) is 0.617. The summed E-state index contributed by atoms with van der Waals surface area (Å²) >= 11 is 0. The molecule has 0 bridgehead atoms. The van der Waals surface area contributed by atoms with Crippen LogP contribution in [0.2, 0.25) is 0 Å². The molecule has 1 aromatic carbocycles. The zero-order valence-corrected chi connectivity index (χ0v) is 12.5. The van der Waals surface area contributed by atoms with Gasteiger partial charge in [0, 0.05) is 0 Å². The van der Waals surface area contributed by atoms with E-state index in [2.05, 4.69) is 6.92 Å². The van der Waals surface area contributed by atoms with Crippen LogP contribution in [0.3, 0.4) is 0 Å². The first-order valence-corrected chi connectivity index (χ1v) is 8.22. The second-order valence-corrected chi connectivity index (χ2v) is 6.92. The fourth-order valence-corrected chi connectivity index (χ4v) is 4.24. The Morgan fingerprint density at radius 3 is 2.00 bits per heavy atom. The molecular weight excluding hydrogens is 273 g/mol. The Balaban J connectivity index is 1.59. The van der Waals surface area contributed by atoms with E-state index in [1.54, 1.807) is 0 Å². The molecule has 0 saturated heterocycles. The highest BCUT2D eigenvalue weighted by atomic mass is 19.2. The van der Waals surface area contributed by atoms with E-state index in [-0.39, 0.29) is 5.92 Å². The molecule has 0 aromatic heterocycles. The lowest BCUT2D eigenvalue weighted by molar-refractivity contribution is 0.0910. The van der Waals surface area contributed by atoms with Crippen LogP contribution in [0.4, 0.5) is 13.2 Å². The molecule has 0 heterocycles. The van der Waals surface area contributed by atoms with Crippen LogP contribution in [-0.2, 0) is 0 Å². The van der Waals surface area contributed by atoms with Gasteiger partial charge in [-0.2, -0.15) is 0 Å². The van der Waals surface area contributed by atoms with Gasteiger partial charge in [-0.1, -0.05) is 13.3 Å². The minimum absolute atomic E-state index is 0.188. The van der Waals surface area contributed by atoms with Crippen molar-refractivity contribution >= 4 is 0 Å². The molecule has 21 heavy (non-hydrogen) atoms. The molecule has 116 valence electrons. The third-order valence-electron chi connectivity index (χ3n) is 5.77. The lowest BCUT2D eigenvalue weighted by Crippen LogP contribution is -2.32. The van der Waals surface area contributed by atoms with Crippen molar-refractivity contribution in [2.75, 3.05) is 0 Å². The summed E-state index contributed by atoms with van der Waals surface area (Å²) in [6.45, 7) is 2.26. The third kappa shape index (κ3) is 2.97. The van der Waals surface area contributed by atoms with Crippen molar-refractivity contribution in [2.24, 2.45) is 17.8 Å². The minimum atomic E-state index is -1.35. The first-order valence-electron chi connectivity index (χ1n) is 8.22. The van der Waals surface area contributed by atoms with E-state index in [0.717, 1.165) is 43.4 Å². The SMILES string of the molecule is CCC1CC(C2CCC(c3cc(F)c(F)c(F)c3)CC2)C1. The van der Waals surface area contributed by atoms with Gasteiger partial charge in [0.25, 0.3) is 0 Å². The van der Waals surface area contributed by atoms with Gasteiger partial charge in [-0.25, -0.2) is 13.2 Å². The average Bonchev–Trinajstić information content (AvgIpc) is 2.44. The van der Waals surface area contributed by atoms with Gasteiger partial charge >= 0.3 is 0 Å². The molecule has 3 rings (SSSR count). The van der Waals surface area contributed by atoms with E-state index in [1.807, 2.05) is 0 Å². The summed E-state index contributed by atoms with van der Waals surface area (Å²) < 4.78 is 39.7. The van der Waals surface area contributed by atoms with Crippen molar-refractivity contribution in [3.05, 3.63) is 35.1 Å². The van der Waals surface area contributed by atoms with Crippen molar-refractivity contribution in [1.29, 1.82) is 0 Å². The highest BCUT2D eigenvalue weighted by molar-refractivity contribution is 5.23. The summed E-state index contributed by atoms with van der Waals surface area (Å²) in [5.74, 6) is -0.695. The summed E-state index contributed by atoms with van der Waals surface area (Å²) in [6.07, 6.45) is 8.26. The maximum Gasteiger partial charge on any atom is 0.194 e. The van der Waals surface area contributed by atoms with E-state index >= 15 is 0 Å². The fraction of sp³-hybridized carbons (Fsp3) is 0.667. The average molecular weight is 296 g/mol. The zero-order valence-electron chi connectivity index (χ0n) is 12.5. The summed E-state index contributed by atoms with van der Waals surface area (Å²) in [6, 6.07) is 2.36. The van der Waals surface area contributed by atoms with Gasteiger partial charge < -0.3 is 0 Å². The smallest absolute Gasteiger partial charge is 0.194 e. The summed E-state index contributed by atoms with van der Waals surface area (Å²) in [4.78, 5) is 0. The molecule has 0 unspecified atom stereocenters. The second kappa shape index (κ2) is 6.02. The van der Waals surface area contributed by atoms with Gasteiger partial charge in [0.2, 0.25) is 0 Å². The summed E-state index contributed by atoms with van der Waals surface area (Å²) in [7, 11) is 0. The van der Waals surface area contributed by atoms with Gasteiger partial charge in [-0.15, -0.1) is 0 Å². The molecule has 1 aromatic rings. The van der Waals surface area contributed by atoms with Gasteiger partial charge in [-0.3, -0.25) is 0 Å². The highest BCUT2D eigenvalue weighted by Crippen LogP contribution is 2.48. The normalized spacial score (nSPS) is 32.8. The Kier molecular flexibility index (Phi) is 4.28.